The highest BCUT2D eigenvalue weighted by atomic mass is 16.5. The normalized spacial score (nSPS) is 12.6. The summed E-state index contributed by atoms with van der Waals surface area (Å²) in [4.78, 5) is 23.0. The van der Waals surface area contributed by atoms with Crippen LogP contribution in [0.4, 0.5) is 0 Å². The Kier molecular flexibility index (Phi) is 5.76. The van der Waals surface area contributed by atoms with Gasteiger partial charge in [0, 0.05) is 11.5 Å². The smallest absolute Gasteiger partial charge is 0.305 e. The van der Waals surface area contributed by atoms with Gasteiger partial charge in [-0.05, 0) is 25.0 Å². The number of hydrogen-bond acceptors (Lipinski definition) is 3. The molecular formula is C16H23NO4. The highest BCUT2D eigenvalue weighted by Gasteiger charge is 2.30. The van der Waals surface area contributed by atoms with E-state index in [2.05, 4.69) is 5.32 Å². The van der Waals surface area contributed by atoms with Gasteiger partial charge in [-0.1, -0.05) is 32.0 Å². The van der Waals surface area contributed by atoms with Crippen LogP contribution in [0.3, 0.4) is 0 Å². The van der Waals surface area contributed by atoms with Gasteiger partial charge in [-0.15, -0.1) is 0 Å². The summed E-state index contributed by atoms with van der Waals surface area (Å²) in [5, 5.41) is 11.5. The molecule has 116 valence electrons. The Morgan fingerprint density at radius 1 is 1.33 bits per heavy atom. The Balaban J connectivity index is 2.76. The molecule has 1 aromatic carbocycles. The van der Waals surface area contributed by atoms with Gasteiger partial charge in [0.05, 0.1) is 13.5 Å². The summed E-state index contributed by atoms with van der Waals surface area (Å²) in [6, 6.07) is 7.17. The van der Waals surface area contributed by atoms with Gasteiger partial charge in [0.15, 0.2) is 0 Å². The van der Waals surface area contributed by atoms with E-state index >= 15 is 0 Å². The fourth-order valence-corrected chi connectivity index (χ4v) is 2.14. The van der Waals surface area contributed by atoms with Crippen molar-refractivity contribution in [1.82, 2.24) is 5.32 Å². The summed E-state index contributed by atoms with van der Waals surface area (Å²) >= 11 is 0. The summed E-state index contributed by atoms with van der Waals surface area (Å²) in [5.41, 5.74) is 0.299. The Bertz CT molecular complexity index is 511. The molecule has 0 aliphatic rings. The zero-order chi connectivity index (χ0) is 16.0. The number of nitrogens with one attached hydrogen (secondary N) is 1. The second kappa shape index (κ2) is 7.11. The monoisotopic (exact) mass is 293 g/mol. The van der Waals surface area contributed by atoms with Gasteiger partial charge in [-0.25, -0.2) is 0 Å². The lowest BCUT2D eigenvalue weighted by molar-refractivity contribution is -0.138. The minimum Gasteiger partial charge on any atom is -0.496 e. The van der Waals surface area contributed by atoms with Gasteiger partial charge in [0.1, 0.15) is 5.75 Å². The molecule has 0 aromatic heterocycles. The Morgan fingerprint density at radius 2 is 1.95 bits per heavy atom. The van der Waals surface area contributed by atoms with Crippen LogP contribution in [0.25, 0.3) is 0 Å². The van der Waals surface area contributed by atoms with E-state index in [9.17, 15) is 9.59 Å². The number of carbonyl (C=O) groups is 2. The number of carboxylic acid groups (broad SMARTS) is 1. The SMILES string of the molecule is COc1ccccc1CC(C)(C)C(=O)NC(C)CC(=O)O. The molecular weight excluding hydrogens is 270 g/mol. The van der Waals surface area contributed by atoms with E-state index in [1.54, 1.807) is 14.0 Å². The van der Waals surface area contributed by atoms with Gasteiger partial charge in [0.25, 0.3) is 0 Å². The Labute approximate surface area is 125 Å². The van der Waals surface area contributed by atoms with Crippen molar-refractivity contribution in [3.8, 4) is 5.75 Å². The molecule has 0 aliphatic carbocycles. The lowest BCUT2D eigenvalue weighted by atomic mass is 9.84. The van der Waals surface area contributed by atoms with E-state index in [0.29, 0.717) is 6.42 Å². The first-order valence-electron chi connectivity index (χ1n) is 6.91. The second-order valence-corrected chi connectivity index (χ2v) is 5.84. The number of rotatable bonds is 7. The molecule has 5 heteroatoms. The summed E-state index contributed by atoms with van der Waals surface area (Å²) in [7, 11) is 1.60. The molecule has 0 saturated heterocycles. The summed E-state index contributed by atoms with van der Waals surface area (Å²) in [6.45, 7) is 5.36. The van der Waals surface area contributed by atoms with E-state index in [1.807, 2.05) is 38.1 Å². The Morgan fingerprint density at radius 3 is 2.52 bits per heavy atom. The number of methoxy groups -OCH3 is 1. The van der Waals surface area contributed by atoms with Crippen LogP contribution in [0.1, 0.15) is 32.8 Å². The van der Waals surface area contributed by atoms with Crippen LogP contribution >= 0.6 is 0 Å². The molecule has 5 nitrogen and oxygen atoms in total. The number of ether oxygens (including phenoxy) is 1. The van der Waals surface area contributed by atoms with Gasteiger partial charge >= 0.3 is 5.97 Å². The van der Waals surface area contributed by atoms with Gasteiger partial charge < -0.3 is 15.2 Å². The van der Waals surface area contributed by atoms with Crippen LogP contribution in [0.5, 0.6) is 5.75 Å². The third kappa shape index (κ3) is 5.10. The van der Waals surface area contributed by atoms with E-state index in [0.717, 1.165) is 11.3 Å². The predicted octanol–water partition coefficient (Wildman–Crippen LogP) is 2.24. The summed E-state index contributed by atoms with van der Waals surface area (Å²) < 4.78 is 5.30. The van der Waals surface area contributed by atoms with Crippen molar-refractivity contribution in [2.75, 3.05) is 7.11 Å². The standard InChI is InChI=1S/C16H23NO4/c1-11(9-14(18)19)17-15(20)16(2,3)10-12-7-5-6-8-13(12)21-4/h5-8,11H,9-10H2,1-4H3,(H,17,20)(H,18,19). The van der Waals surface area contributed by atoms with Crippen molar-refractivity contribution >= 4 is 11.9 Å². The number of amides is 1. The lowest BCUT2D eigenvalue weighted by Gasteiger charge is -2.26. The van der Waals surface area contributed by atoms with Crippen LogP contribution in [0.15, 0.2) is 24.3 Å². The highest BCUT2D eigenvalue weighted by molar-refractivity contribution is 5.83. The molecule has 0 aliphatic heterocycles. The Hall–Kier alpha value is -2.04. The average Bonchev–Trinajstić information content (AvgIpc) is 2.37. The van der Waals surface area contributed by atoms with E-state index in [4.69, 9.17) is 9.84 Å². The van der Waals surface area contributed by atoms with Crippen LogP contribution in [0.2, 0.25) is 0 Å². The third-order valence-electron chi connectivity index (χ3n) is 3.30. The summed E-state index contributed by atoms with van der Waals surface area (Å²) in [5.74, 6) is -0.343. The van der Waals surface area contributed by atoms with Crippen molar-refractivity contribution in [1.29, 1.82) is 0 Å². The highest BCUT2D eigenvalue weighted by Crippen LogP contribution is 2.28. The van der Waals surface area contributed by atoms with Crippen LogP contribution in [-0.2, 0) is 16.0 Å². The number of para-hydroxylation sites is 1. The minimum absolute atomic E-state index is 0.0868. The minimum atomic E-state index is -0.926. The number of carbonyl (C=O) groups excluding carboxylic acids is 1. The van der Waals surface area contributed by atoms with Crippen molar-refractivity contribution in [2.45, 2.75) is 39.7 Å². The first kappa shape index (κ1) is 17.0. The van der Waals surface area contributed by atoms with Crippen molar-refractivity contribution in [2.24, 2.45) is 5.41 Å². The molecule has 0 radical (unpaired) electrons. The number of carboxylic acids is 1. The molecule has 0 fully saturated rings. The molecule has 1 rings (SSSR count). The second-order valence-electron chi connectivity index (χ2n) is 5.84. The number of benzene rings is 1. The summed E-state index contributed by atoms with van der Waals surface area (Å²) in [6.07, 6.45) is 0.430. The van der Waals surface area contributed by atoms with Crippen molar-refractivity contribution in [3.63, 3.8) is 0 Å². The average molecular weight is 293 g/mol. The molecule has 1 amide bonds. The molecule has 1 atom stereocenters. The molecule has 0 saturated carbocycles. The van der Waals surface area contributed by atoms with E-state index in [-0.39, 0.29) is 12.3 Å². The van der Waals surface area contributed by atoms with E-state index in [1.165, 1.54) is 0 Å². The largest absolute Gasteiger partial charge is 0.496 e. The molecule has 0 bridgehead atoms. The van der Waals surface area contributed by atoms with Crippen molar-refractivity contribution < 1.29 is 19.4 Å². The van der Waals surface area contributed by atoms with Gasteiger partial charge in [-0.3, -0.25) is 9.59 Å². The first-order valence-corrected chi connectivity index (χ1v) is 6.91. The maximum Gasteiger partial charge on any atom is 0.305 e. The molecule has 2 N–H and O–H groups in total. The zero-order valence-corrected chi connectivity index (χ0v) is 13.0. The van der Waals surface area contributed by atoms with Gasteiger partial charge in [-0.2, -0.15) is 0 Å². The molecule has 1 unspecified atom stereocenters. The van der Waals surface area contributed by atoms with Crippen LogP contribution in [-0.4, -0.2) is 30.1 Å². The predicted molar refractivity (Wildman–Crippen MR) is 80.3 cm³/mol. The van der Waals surface area contributed by atoms with Crippen LogP contribution < -0.4 is 10.1 Å². The lowest BCUT2D eigenvalue weighted by Crippen LogP contribution is -2.43. The third-order valence-corrected chi connectivity index (χ3v) is 3.30. The van der Waals surface area contributed by atoms with Crippen LogP contribution in [0, 0.1) is 5.41 Å². The zero-order valence-electron chi connectivity index (χ0n) is 13.0. The maximum absolute atomic E-state index is 12.3. The maximum atomic E-state index is 12.3. The van der Waals surface area contributed by atoms with Gasteiger partial charge in [0.2, 0.25) is 5.91 Å². The number of hydrogen-bond donors (Lipinski definition) is 2. The molecule has 0 spiro atoms. The van der Waals surface area contributed by atoms with Crippen molar-refractivity contribution in [3.05, 3.63) is 29.8 Å². The number of aliphatic carboxylic acids is 1. The quantitative estimate of drug-likeness (QED) is 0.808. The fourth-order valence-electron chi connectivity index (χ4n) is 2.14. The topological polar surface area (TPSA) is 75.6 Å². The molecule has 1 aromatic rings. The molecule has 0 heterocycles. The fraction of sp³-hybridized carbons (Fsp3) is 0.500. The first-order chi connectivity index (χ1) is 9.76. The van der Waals surface area contributed by atoms with E-state index < -0.39 is 17.4 Å². The molecule has 21 heavy (non-hydrogen) atoms.